The summed E-state index contributed by atoms with van der Waals surface area (Å²) in [5.74, 6) is -0.877. The largest absolute Gasteiger partial charge is 0.343 e. The van der Waals surface area contributed by atoms with E-state index in [0.717, 1.165) is 22.4 Å². The molecule has 0 fully saturated rings. The first-order valence-corrected chi connectivity index (χ1v) is 20.6. The van der Waals surface area contributed by atoms with Crippen molar-refractivity contribution in [3.8, 4) is 11.4 Å². The second-order valence-electron chi connectivity index (χ2n) is 15.9. The summed E-state index contributed by atoms with van der Waals surface area (Å²) in [6.45, 7) is 0. The third-order valence-corrected chi connectivity index (χ3v) is 12.4. The molecule has 12 aromatic rings. The van der Waals surface area contributed by atoms with Crippen LogP contribution >= 0.6 is 0 Å². The molecule has 0 spiro atoms. The Kier molecular flexibility index (Phi) is 9.60. The fourth-order valence-corrected chi connectivity index (χ4v) is 9.29. The first kappa shape index (κ1) is 40.6. The summed E-state index contributed by atoms with van der Waals surface area (Å²) in [6.07, 6.45) is 0. The molecule has 0 N–H and O–H groups in total. The maximum atomic E-state index is 13.8. The van der Waals surface area contributed by atoms with Crippen molar-refractivity contribution in [3.63, 3.8) is 0 Å². The number of nitrogens with zero attached hydrogens (tertiary/aromatic N) is 4. The molecule has 0 saturated carbocycles. The lowest BCUT2D eigenvalue weighted by atomic mass is 10.0. The number of rotatable bonds is 2. The number of benzene rings is 8. The molecule has 0 unspecified atom stereocenters. The molecule has 8 aromatic carbocycles. The van der Waals surface area contributed by atoms with Crippen LogP contribution in [0, 0.1) is 11.6 Å². The second kappa shape index (κ2) is 15.4. The summed E-state index contributed by atoms with van der Waals surface area (Å²) in [7, 11) is 3.46. The molecule has 0 radical (unpaired) electrons. The molecular formula is C55H38F2N4O4. The van der Waals surface area contributed by atoms with Crippen LogP contribution in [-0.4, -0.2) is 18.3 Å². The van der Waals surface area contributed by atoms with Crippen LogP contribution in [0.5, 0.6) is 0 Å². The van der Waals surface area contributed by atoms with Gasteiger partial charge in [0.2, 0.25) is 0 Å². The van der Waals surface area contributed by atoms with Crippen molar-refractivity contribution in [2.45, 2.75) is 7.43 Å². The van der Waals surface area contributed by atoms with Crippen molar-refractivity contribution in [2.75, 3.05) is 0 Å². The van der Waals surface area contributed by atoms with Gasteiger partial charge in [0, 0.05) is 68.6 Å². The van der Waals surface area contributed by atoms with E-state index in [2.05, 4.69) is 9.13 Å². The van der Waals surface area contributed by atoms with Gasteiger partial charge in [-0.1, -0.05) is 68.1 Å². The Hall–Kier alpha value is -8.50. The maximum absolute atomic E-state index is 13.8. The van der Waals surface area contributed by atoms with Crippen LogP contribution in [0.2, 0.25) is 0 Å². The van der Waals surface area contributed by atoms with Crippen LogP contribution in [0.4, 0.5) is 8.78 Å². The van der Waals surface area contributed by atoms with Crippen molar-refractivity contribution in [1.82, 2.24) is 18.3 Å². The Bertz CT molecular complexity index is 3940. The van der Waals surface area contributed by atoms with Crippen LogP contribution in [0.25, 0.3) is 98.6 Å². The summed E-state index contributed by atoms with van der Waals surface area (Å²) in [6, 6.07) is 50.3. The number of pyridine rings is 4. The van der Waals surface area contributed by atoms with E-state index in [-0.39, 0.29) is 29.1 Å². The molecular weight excluding hydrogens is 819 g/mol. The third kappa shape index (κ3) is 6.24. The lowest BCUT2D eigenvalue weighted by molar-refractivity contribution is 0.628. The van der Waals surface area contributed by atoms with Gasteiger partial charge < -0.3 is 18.3 Å². The molecule has 0 aliphatic heterocycles. The molecule has 0 aliphatic carbocycles. The van der Waals surface area contributed by atoms with E-state index in [9.17, 15) is 28.0 Å². The highest BCUT2D eigenvalue weighted by molar-refractivity contribution is 6.06. The van der Waals surface area contributed by atoms with Crippen molar-refractivity contribution >= 4 is 87.2 Å². The highest BCUT2D eigenvalue weighted by Gasteiger charge is 2.19. The lowest BCUT2D eigenvalue weighted by Crippen LogP contribution is -2.14. The topological polar surface area (TPSA) is 88.0 Å². The minimum absolute atomic E-state index is 0. The average Bonchev–Trinajstić information content (AvgIpc) is 3.33. The summed E-state index contributed by atoms with van der Waals surface area (Å²) < 4.78 is 35.0. The molecule has 0 atom stereocenters. The molecule has 0 bridgehead atoms. The van der Waals surface area contributed by atoms with Gasteiger partial charge in [-0.15, -0.1) is 0 Å². The number of hydrogen-bond donors (Lipinski definition) is 0. The van der Waals surface area contributed by atoms with Gasteiger partial charge >= 0.3 is 0 Å². The molecule has 65 heavy (non-hydrogen) atoms. The highest BCUT2D eigenvalue weighted by Crippen LogP contribution is 2.31. The van der Waals surface area contributed by atoms with E-state index in [4.69, 9.17) is 0 Å². The predicted octanol–water partition coefficient (Wildman–Crippen LogP) is 11.2. The lowest BCUT2D eigenvalue weighted by Gasteiger charge is -2.19. The number of fused-ring (bicyclic) bond motifs is 8. The fourth-order valence-electron chi connectivity index (χ4n) is 9.29. The minimum atomic E-state index is -0.438. The van der Waals surface area contributed by atoms with E-state index < -0.39 is 11.6 Å². The Morgan fingerprint density at radius 2 is 0.600 bits per heavy atom. The van der Waals surface area contributed by atoms with E-state index in [1.54, 1.807) is 35.4 Å². The zero-order valence-corrected chi connectivity index (χ0v) is 34.3. The maximum Gasteiger partial charge on any atom is 0.197 e. The molecule has 0 amide bonds. The van der Waals surface area contributed by atoms with Crippen molar-refractivity contribution in [2.24, 2.45) is 14.1 Å². The summed E-state index contributed by atoms with van der Waals surface area (Å²) in [5.41, 5.74) is 6.32. The van der Waals surface area contributed by atoms with E-state index in [0.29, 0.717) is 76.2 Å². The Labute approximate surface area is 368 Å². The van der Waals surface area contributed by atoms with E-state index in [1.165, 1.54) is 36.4 Å². The molecule has 0 aliphatic rings. The van der Waals surface area contributed by atoms with Gasteiger partial charge in [-0.3, -0.25) is 19.2 Å². The summed E-state index contributed by atoms with van der Waals surface area (Å²) >= 11 is 0. The van der Waals surface area contributed by atoms with Crippen molar-refractivity contribution in [1.29, 1.82) is 0 Å². The fraction of sp³-hybridized carbons (Fsp3) is 0.0545. The molecule has 4 heterocycles. The quantitative estimate of drug-likeness (QED) is 0.162. The van der Waals surface area contributed by atoms with Gasteiger partial charge in [-0.2, -0.15) is 0 Å². The Morgan fingerprint density at radius 3 is 0.985 bits per heavy atom. The van der Waals surface area contributed by atoms with Gasteiger partial charge in [-0.05, 0) is 109 Å². The van der Waals surface area contributed by atoms with Crippen molar-refractivity contribution < 1.29 is 8.78 Å². The molecule has 316 valence electrons. The number of aromatic nitrogens is 4. The summed E-state index contributed by atoms with van der Waals surface area (Å²) in [4.78, 5) is 53.7. The van der Waals surface area contributed by atoms with Gasteiger partial charge in [0.1, 0.15) is 11.6 Å². The van der Waals surface area contributed by atoms with Gasteiger partial charge in [0.15, 0.2) is 21.7 Å². The SMILES string of the molecule is C.Cn1c2cc(F)ccc2c(=O)c2cc3c(cc21)c(=O)c1ccc(F)cc1n3C.O=c1c2ccccc2n(-c2ccccc2)c2cc3c(=O)c4ccccc4n(-c4ccccc4)c3cc12. The summed E-state index contributed by atoms with van der Waals surface area (Å²) in [5, 5.41) is 4.05. The second-order valence-corrected chi connectivity index (χ2v) is 15.9. The van der Waals surface area contributed by atoms with Gasteiger partial charge in [0.05, 0.1) is 44.1 Å². The number of aryl methyl sites for hydroxylation is 2. The normalized spacial score (nSPS) is 11.5. The Morgan fingerprint density at radius 1 is 0.308 bits per heavy atom. The standard InChI is InChI=1S/C32H20N2O2.C22H14F2N2O2.CH4/c35-31-23-15-7-9-17-27(23)33(21-11-3-1-4-12-21)29-19-26-30(20-25(29)31)34(22-13-5-2-6-14-22)28-18-10-8-16-24(28)32(26)36;1-25-17-7-11(23)3-5-13(17)21(27)15-10-20-16(9-19(15)25)22(28)14-6-4-12(24)8-18(14)26(20)2;/h1-20H;3-10H,1-2H3;1H4. The molecule has 8 nitrogen and oxygen atoms in total. The van der Waals surface area contributed by atoms with Crippen LogP contribution in [-0.2, 0) is 14.1 Å². The predicted molar refractivity (Wildman–Crippen MR) is 261 cm³/mol. The number of para-hydroxylation sites is 4. The van der Waals surface area contributed by atoms with Gasteiger partial charge in [-0.25, -0.2) is 8.78 Å². The van der Waals surface area contributed by atoms with Crippen molar-refractivity contribution in [3.05, 3.63) is 222 Å². The van der Waals surface area contributed by atoms with Gasteiger partial charge in [0.25, 0.3) is 0 Å². The van der Waals surface area contributed by atoms with Crippen LogP contribution in [0.1, 0.15) is 7.43 Å². The third-order valence-electron chi connectivity index (χ3n) is 12.4. The zero-order chi connectivity index (χ0) is 44.0. The molecule has 0 saturated heterocycles. The van der Waals surface area contributed by atoms with E-state index >= 15 is 0 Å². The zero-order valence-electron chi connectivity index (χ0n) is 34.3. The minimum Gasteiger partial charge on any atom is -0.343 e. The highest BCUT2D eigenvalue weighted by atomic mass is 19.1. The average molecular weight is 857 g/mol. The number of hydrogen-bond acceptors (Lipinski definition) is 4. The van der Waals surface area contributed by atoms with Crippen LogP contribution in [0.3, 0.4) is 0 Å². The first-order valence-electron chi connectivity index (χ1n) is 20.6. The molecule has 12 rings (SSSR count). The van der Waals surface area contributed by atoms with Crippen LogP contribution < -0.4 is 21.7 Å². The first-order chi connectivity index (χ1) is 31.1. The molecule has 4 aromatic heterocycles. The Balaban J connectivity index is 0.000000156. The number of halogens is 2. The van der Waals surface area contributed by atoms with E-state index in [1.807, 2.05) is 121 Å². The smallest absolute Gasteiger partial charge is 0.197 e. The van der Waals surface area contributed by atoms with Crippen LogP contribution in [0.15, 0.2) is 189 Å². The monoisotopic (exact) mass is 856 g/mol. The molecule has 10 heteroatoms.